The van der Waals surface area contributed by atoms with Crippen LogP contribution in [0.2, 0.25) is 0 Å². The quantitative estimate of drug-likeness (QED) is 0.860. The van der Waals surface area contributed by atoms with Gasteiger partial charge in [-0.25, -0.2) is 0 Å². The van der Waals surface area contributed by atoms with Gasteiger partial charge < -0.3 is 10.6 Å². The van der Waals surface area contributed by atoms with Crippen LogP contribution in [-0.2, 0) is 9.59 Å². The Hall–Kier alpha value is -1.84. The van der Waals surface area contributed by atoms with E-state index in [2.05, 4.69) is 10.6 Å². The van der Waals surface area contributed by atoms with Crippen molar-refractivity contribution in [3.63, 3.8) is 0 Å². The number of carbonyl (C=O) groups excluding carboxylic acids is 2. The highest BCUT2D eigenvalue weighted by atomic mass is 16.2. The summed E-state index contributed by atoms with van der Waals surface area (Å²) >= 11 is 0. The first-order valence-corrected chi connectivity index (χ1v) is 6.04. The molecule has 0 saturated heterocycles. The molecule has 0 saturated carbocycles. The van der Waals surface area contributed by atoms with Gasteiger partial charge in [0.25, 0.3) is 0 Å². The number of benzene rings is 1. The number of hydrogen-bond donors (Lipinski definition) is 2. The molecule has 0 aliphatic rings. The van der Waals surface area contributed by atoms with Crippen molar-refractivity contribution in [2.75, 3.05) is 10.6 Å². The fraction of sp³-hybridized carbons (Fsp3) is 0.429. The minimum absolute atomic E-state index is 0.00252. The van der Waals surface area contributed by atoms with Gasteiger partial charge in [-0.2, -0.15) is 0 Å². The smallest absolute Gasteiger partial charge is 0.230 e. The lowest BCUT2D eigenvalue weighted by molar-refractivity contribution is -0.124. The molecule has 0 aliphatic carbocycles. The fourth-order valence-corrected chi connectivity index (χ4v) is 1.30. The van der Waals surface area contributed by atoms with E-state index in [-0.39, 0.29) is 17.2 Å². The first-order valence-electron chi connectivity index (χ1n) is 6.04. The monoisotopic (exact) mass is 248 g/mol. The maximum atomic E-state index is 11.9. The van der Waals surface area contributed by atoms with Crippen molar-refractivity contribution >= 4 is 23.2 Å². The Morgan fingerprint density at radius 1 is 1.06 bits per heavy atom. The van der Waals surface area contributed by atoms with E-state index in [1.54, 1.807) is 24.3 Å². The van der Waals surface area contributed by atoms with E-state index < -0.39 is 0 Å². The predicted molar refractivity (Wildman–Crippen MR) is 73.4 cm³/mol. The highest BCUT2D eigenvalue weighted by Gasteiger charge is 2.25. The molecular weight excluding hydrogens is 228 g/mol. The third kappa shape index (κ3) is 3.87. The van der Waals surface area contributed by atoms with Gasteiger partial charge in [0.1, 0.15) is 0 Å². The van der Waals surface area contributed by atoms with Crippen LogP contribution in [0.15, 0.2) is 24.3 Å². The largest absolute Gasteiger partial charge is 0.326 e. The van der Waals surface area contributed by atoms with Gasteiger partial charge in [0.2, 0.25) is 11.8 Å². The minimum Gasteiger partial charge on any atom is -0.326 e. The molecular formula is C14H20N2O2. The van der Waals surface area contributed by atoms with Crippen molar-refractivity contribution < 1.29 is 9.59 Å². The van der Waals surface area contributed by atoms with E-state index >= 15 is 0 Å². The lowest BCUT2D eigenvalue weighted by Crippen LogP contribution is -2.29. The summed E-state index contributed by atoms with van der Waals surface area (Å²) in [5, 5.41) is 5.54. The number of hydrogen-bond acceptors (Lipinski definition) is 2. The zero-order chi connectivity index (χ0) is 13.8. The first-order chi connectivity index (χ1) is 8.35. The molecule has 0 heterocycles. The van der Waals surface area contributed by atoms with Crippen LogP contribution in [0.4, 0.5) is 11.4 Å². The SMILES string of the molecule is CCC(C)(C)C(=O)Nc1ccc(NC(C)=O)cc1. The summed E-state index contributed by atoms with van der Waals surface area (Å²) in [7, 11) is 0. The predicted octanol–water partition coefficient (Wildman–Crippen LogP) is 3.02. The Labute approximate surface area is 108 Å². The lowest BCUT2D eigenvalue weighted by atomic mass is 9.89. The first kappa shape index (κ1) is 14.2. The van der Waals surface area contributed by atoms with Crippen molar-refractivity contribution in [2.45, 2.75) is 34.1 Å². The zero-order valence-electron chi connectivity index (χ0n) is 11.3. The maximum Gasteiger partial charge on any atom is 0.230 e. The maximum absolute atomic E-state index is 11.9. The Morgan fingerprint density at radius 3 is 1.89 bits per heavy atom. The summed E-state index contributed by atoms with van der Waals surface area (Å²) in [5.41, 5.74) is 1.07. The van der Waals surface area contributed by atoms with Crippen molar-refractivity contribution in [3.05, 3.63) is 24.3 Å². The highest BCUT2D eigenvalue weighted by molar-refractivity contribution is 5.95. The van der Waals surface area contributed by atoms with Gasteiger partial charge in [-0.05, 0) is 30.7 Å². The van der Waals surface area contributed by atoms with Gasteiger partial charge in [-0.15, -0.1) is 0 Å². The number of nitrogens with one attached hydrogen (secondary N) is 2. The Bertz CT molecular complexity index is 436. The number of rotatable bonds is 4. The molecule has 0 fully saturated rings. The van der Waals surface area contributed by atoms with E-state index in [0.717, 1.165) is 17.8 Å². The molecule has 4 nitrogen and oxygen atoms in total. The summed E-state index contributed by atoms with van der Waals surface area (Å²) in [6, 6.07) is 7.07. The summed E-state index contributed by atoms with van der Waals surface area (Å²) < 4.78 is 0. The summed E-state index contributed by atoms with van der Waals surface area (Å²) in [4.78, 5) is 22.8. The molecule has 2 amide bonds. The molecule has 2 N–H and O–H groups in total. The summed E-state index contributed by atoms with van der Waals surface area (Å²) in [5.74, 6) is -0.115. The van der Waals surface area contributed by atoms with Gasteiger partial charge in [0.05, 0.1) is 0 Å². The molecule has 0 bridgehead atoms. The van der Waals surface area contributed by atoms with Crippen LogP contribution in [0.25, 0.3) is 0 Å². The molecule has 1 aromatic rings. The van der Waals surface area contributed by atoms with Crippen molar-refractivity contribution in [2.24, 2.45) is 5.41 Å². The second-order valence-corrected chi connectivity index (χ2v) is 4.95. The molecule has 98 valence electrons. The number of amides is 2. The second-order valence-electron chi connectivity index (χ2n) is 4.95. The van der Waals surface area contributed by atoms with Crippen LogP contribution >= 0.6 is 0 Å². The summed E-state index contributed by atoms with van der Waals surface area (Å²) in [6.07, 6.45) is 0.781. The third-order valence-corrected chi connectivity index (χ3v) is 2.96. The Morgan fingerprint density at radius 2 is 1.50 bits per heavy atom. The van der Waals surface area contributed by atoms with Crippen LogP contribution in [0.1, 0.15) is 34.1 Å². The third-order valence-electron chi connectivity index (χ3n) is 2.96. The second kappa shape index (κ2) is 5.67. The zero-order valence-corrected chi connectivity index (χ0v) is 11.3. The summed E-state index contributed by atoms with van der Waals surface area (Å²) in [6.45, 7) is 7.26. The Kier molecular flexibility index (Phi) is 4.48. The lowest BCUT2D eigenvalue weighted by Gasteiger charge is -2.21. The normalized spacial score (nSPS) is 10.9. The molecule has 0 spiro atoms. The van der Waals surface area contributed by atoms with E-state index in [1.165, 1.54) is 6.92 Å². The van der Waals surface area contributed by atoms with Crippen LogP contribution < -0.4 is 10.6 Å². The number of carbonyl (C=O) groups is 2. The van der Waals surface area contributed by atoms with E-state index in [0.29, 0.717) is 0 Å². The van der Waals surface area contributed by atoms with Crippen molar-refractivity contribution in [1.82, 2.24) is 0 Å². The molecule has 18 heavy (non-hydrogen) atoms. The molecule has 0 radical (unpaired) electrons. The minimum atomic E-state index is -0.379. The fourth-order valence-electron chi connectivity index (χ4n) is 1.30. The average molecular weight is 248 g/mol. The van der Waals surface area contributed by atoms with Gasteiger partial charge >= 0.3 is 0 Å². The topological polar surface area (TPSA) is 58.2 Å². The standard InChI is InChI=1S/C14H20N2O2/c1-5-14(3,4)13(18)16-12-8-6-11(7-9-12)15-10(2)17/h6-9H,5H2,1-4H3,(H,15,17)(H,16,18). The van der Waals surface area contributed by atoms with Crippen molar-refractivity contribution in [1.29, 1.82) is 0 Å². The van der Waals surface area contributed by atoms with Crippen LogP contribution in [0, 0.1) is 5.41 Å². The molecule has 4 heteroatoms. The molecule has 0 atom stereocenters. The van der Waals surface area contributed by atoms with Crippen LogP contribution in [-0.4, -0.2) is 11.8 Å². The van der Waals surface area contributed by atoms with E-state index in [9.17, 15) is 9.59 Å². The van der Waals surface area contributed by atoms with Crippen LogP contribution in [0.5, 0.6) is 0 Å². The van der Waals surface area contributed by atoms with Gasteiger partial charge in [0, 0.05) is 23.7 Å². The average Bonchev–Trinajstić information content (AvgIpc) is 2.31. The van der Waals surface area contributed by atoms with E-state index in [1.807, 2.05) is 20.8 Å². The molecule has 1 rings (SSSR count). The van der Waals surface area contributed by atoms with Gasteiger partial charge in [-0.3, -0.25) is 9.59 Å². The molecule has 0 aromatic heterocycles. The molecule has 1 aromatic carbocycles. The molecule has 0 aliphatic heterocycles. The number of anilines is 2. The Balaban J connectivity index is 2.69. The van der Waals surface area contributed by atoms with Gasteiger partial charge in [0.15, 0.2) is 0 Å². The van der Waals surface area contributed by atoms with Crippen LogP contribution in [0.3, 0.4) is 0 Å². The van der Waals surface area contributed by atoms with E-state index in [4.69, 9.17) is 0 Å². The van der Waals surface area contributed by atoms with Crippen molar-refractivity contribution in [3.8, 4) is 0 Å². The van der Waals surface area contributed by atoms with Gasteiger partial charge in [-0.1, -0.05) is 20.8 Å². The highest BCUT2D eigenvalue weighted by Crippen LogP contribution is 2.22. The molecule has 0 unspecified atom stereocenters.